The number of H-pyrrole nitrogens is 2. The van der Waals surface area contributed by atoms with Crippen molar-refractivity contribution in [2.45, 2.75) is 38.5 Å². The lowest BCUT2D eigenvalue weighted by Gasteiger charge is -2.06. The van der Waals surface area contributed by atoms with Crippen LogP contribution in [0.1, 0.15) is 59.5 Å². The quantitative estimate of drug-likeness (QED) is 0.0549. The molecule has 0 atom stereocenters. The van der Waals surface area contributed by atoms with Gasteiger partial charge in [-0.05, 0) is 71.5 Å². The first kappa shape index (κ1) is 37.9. The lowest BCUT2D eigenvalue weighted by Crippen LogP contribution is -2.02. The van der Waals surface area contributed by atoms with Crippen LogP contribution in [0.3, 0.4) is 0 Å². The Balaban J connectivity index is 0.000000216. The van der Waals surface area contributed by atoms with Gasteiger partial charge in [0.25, 0.3) is 0 Å². The lowest BCUT2D eigenvalue weighted by molar-refractivity contribution is -0.140. The van der Waals surface area contributed by atoms with E-state index in [0.29, 0.717) is 24.1 Å². The number of carbonyl (C=O) groups excluding carboxylic acids is 2. The third-order valence-corrected chi connectivity index (χ3v) is 8.86. The Morgan fingerprint density at radius 2 is 0.962 bits per heavy atom. The molecule has 9 nitrogen and oxygen atoms in total. The number of aromatic nitrogens is 2. The van der Waals surface area contributed by atoms with Crippen molar-refractivity contribution < 1.29 is 33.7 Å². The topological polar surface area (TPSA) is 131 Å². The average Bonchev–Trinajstić information content (AvgIpc) is 3.87. The molecule has 0 spiro atoms. The maximum Gasteiger partial charge on any atom is 0.352 e. The second-order valence-corrected chi connectivity index (χ2v) is 12.4. The molecule has 3 N–H and O–H groups in total. The first-order chi connectivity index (χ1) is 25.8. The minimum Gasteiger partial charge on any atom is -0.497 e. The van der Waals surface area contributed by atoms with Gasteiger partial charge in [0.15, 0.2) is 5.78 Å². The number of unbranched alkanes of at least 4 members (excludes halogenated alkanes) is 3. The summed E-state index contributed by atoms with van der Waals surface area (Å²) < 4.78 is 15.1. The number of benzene rings is 4. The van der Waals surface area contributed by atoms with Crippen LogP contribution >= 0.6 is 0 Å². The maximum absolute atomic E-state index is 13.1. The van der Waals surface area contributed by atoms with Gasteiger partial charge in [-0.2, -0.15) is 0 Å². The highest BCUT2D eigenvalue weighted by atomic mass is 16.5. The van der Waals surface area contributed by atoms with E-state index in [0.717, 1.165) is 76.4 Å². The number of carbonyl (C=O) groups is 3. The molecule has 0 aliphatic rings. The number of aromatic carboxylic acids is 1. The zero-order valence-corrected chi connectivity index (χ0v) is 30.2. The van der Waals surface area contributed by atoms with Crippen molar-refractivity contribution in [2.24, 2.45) is 0 Å². The molecular formula is C44H44N2O7. The molecule has 9 heteroatoms. The van der Waals surface area contributed by atoms with E-state index in [2.05, 4.69) is 14.7 Å². The molecule has 0 aliphatic carbocycles. The number of carboxylic acids is 1. The van der Waals surface area contributed by atoms with E-state index < -0.39 is 5.97 Å². The Labute approximate surface area is 309 Å². The van der Waals surface area contributed by atoms with Crippen molar-refractivity contribution in [3.05, 3.63) is 133 Å². The molecule has 272 valence electrons. The predicted octanol–water partition coefficient (Wildman–Crippen LogP) is 10.1. The van der Waals surface area contributed by atoms with Crippen molar-refractivity contribution in [3.63, 3.8) is 0 Å². The molecule has 0 aliphatic heterocycles. The second-order valence-electron chi connectivity index (χ2n) is 12.4. The molecule has 0 amide bonds. The summed E-state index contributed by atoms with van der Waals surface area (Å²) in [6, 6.07) is 38.6. The van der Waals surface area contributed by atoms with Gasteiger partial charge in [-0.25, -0.2) is 4.79 Å². The molecule has 0 saturated heterocycles. The summed E-state index contributed by atoms with van der Waals surface area (Å²) in [5, 5.41) is 9.43. The lowest BCUT2D eigenvalue weighted by atomic mass is 10.0. The highest BCUT2D eigenvalue weighted by Crippen LogP contribution is 2.33. The molecule has 0 unspecified atom stereocenters. The van der Waals surface area contributed by atoms with Crippen molar-refractivity contribution in [1.29, 1.82) is 0 Å². The summed E-state index contributed by atoms with van der Waals surface area (Å²) in [4.78, 5) is 42.1. The van der Waals surface area contributed by atoms with Crippen LogP contribution in [0.4, 0.5) is 0 Å². The normalized spacial score (nSPS) is 10.5. The third kappa shape index (κ3) is 10.1. The van der Waals surface area contributed by atoms with Crippen LogP contribution in [0, 0.1) is 0 Å². The Morgan fingerprint density at radius 1 is 0.528 bits per heavy atom. The van der Waals surface area contributed by atoms with E-state index in [-0.39, 0.29) is 17.4 Å². The van der Waals surface area contributed by atoms with Crippen LogP contribution in [0.2, 0.25) is 0 Å². The number of ketones is 1. The molecule has 6 rings (SSSR count). The van der Waals surface area contributed by atoms with Crippen molar-refractivity contribution >= 4 is 17.7 Å². The van der Waals surface area contributed by atoms with E-state index in [1.54, 1.807) is 14.2 Å². The van der Waals surface area contributed by atoms with Crippen molar-refractivity contribution in [3.8, 4) is 56.3 Å². The number of nitrogens with one attached hydrogen (secondary N) is 2. The van der Waals surface area contributed by atoms with E-state index in [9.17, 15) is 19.5 Å². The van der Waals surface area contributed by atoms with Crippen molar-refractivity contribution in [1.82, 2.24) is 9.97 Å². The number of ether oxygens (including phenoxy) is 3. The predicted molar refractivity (Wildman–Crippen MR) is 207 cm³/mol. The van der Waals surface area contributed by atoms with Crippen LogP contribution < -0.4 is 9.47 Å². The minimum atomic E-state index is -0.979. The molecule has 4 aromatic carbocycles. The van der Waals surface area contributed by atoms with Gasteiger partial charge in [0.1, 0.15) is 17.2 Å². The first-order valence-electron chi connectivity index (χ1n) is 17.5. The fourth-order valence-electron chi connectivity index (χ4n) is 5.98. The molecule has 0 bridgehead atoms. The van der Waals surface area contributed by atoms with Crippen molar-refractivity contribution in [2.75, 3.05) is 21.3 Å². The number of hydrogen-bond donors (Lipinski definition) is 3. The zero-order valence-electron chi connectivity index (χ0n) is 30.2. The van der Waals surface area contributed by atoms with Crippen LogP contribution in [-0.2, 0) is 9.53 Å². The Hall–Kier alpha value is -6.35. The largest absolute Gasteiger partial charge is 0.497 e. The molecule has 0 fully saturated rings. The number of esters is 1. The SMILES string of the molecule is COC(=O)CCCCCCC(=O)c1[nH]c(-c2ccccc2)cc1-c1ccc(OC)cc1.COc1ccc(-c2cc(-c3ccccc3)[nH]c2C(=O)O)cc1. The van der Waals surface area contributed by atoms with Crippen LogP contribution in [0.5, 0.6) is 11.5 Å². The van der Waals surface area contributed by atoms with Gasteiger partial charge in [0.05, 0.1) is 27.0 Å². The summed E-state index contributed by atoms with van der Waals surface area (Å²) in [5.74, 6) is 0.454. The first-order valence-corrected chi connectivity index (χ1v) is 17.5. The molecule has 2 aromatic heterocycles. The number of carboxylic acid groups (broad SMARTS) is 1. The highest BCUT2D eigenvalue weighted by Gasteiger charge is 2.19. The van der Waals surface area contributed by atoms with E-state index in [1.165, 1.54) is 7.11 Å². The Bertz CT molecular complexity index is 2080. The van der Waals surface area contributed by atoms with Gasteiger partial charge in [-0.1, -0.05) is 97.8 Å². The molecule has 0 radical (unpaired) electrons. The maximum atomic E-state index is 13.1. The van der Waals surface area contributed by atoms with Gasteiger partial charge >= 0.3 is 11.9 Å². The van der Waals surface area contributed by atoms with Gasteiger partial charge in [-0.15, -0.1) is 0 Å². The highest BCUT2D eigenvalue weighted by molar-refractivity contribution is 6.02. The standard InChI is InChI=1S/C26H29NO4.C18H15NO3/c1-30-21-16-14-19(15-17-21)22-18-23(20-10-6-5-7-11-20)27-26(22)24(28)12-8-3-4-9-13-25(29)31-2;1-22-14-9-7-12(8-10-14)15-11-16(19-17(15)18(20)21)13-5-3-2-4-6-13/h5-7,10-11,14-18,27H,3-4,8-9,12-13H2,1-2H3;2-11,19H,1H3,(H,20,21). The zero-order chi connectivity index (χ0) is 37.6. The van der Waals surface area contributed by atoms with Crippen LogP contribution in [0.25, 0.3) is 44.8 Å². The fraction of sp³-hybridized carbons (Fsp3) is 0.205. The van der Waals surface area contributed by atoms with E-state index in [4.69, 9.17) is 9.47 Å². The van der Waals surface area contributed by atoms with Crippen LogP contribution in [0.15, 0.2) is 121 Å². The molecule has 0 saturated carbocycles. The third-order valence-electron chi connectivity index (χ3n) is 8.86. The average molecular weight is 713 g/mol. The number of rotatable bonds is 15. The Kier molecular flexibility index (Phi) is 13.4. The van der Waals surface area contributed by atoms with E-state index >= 15 is 0 Å². The van der Waals surface area contributed by atoms with E-state index in [1.807, 2.05) is 121 Å². The Morgan fingerprint density at radius 3 is 1.40 bits per heavy atom. The minimum absolute atomic E-state index is 0.0981. The summed E-state index contributed by atoms with van der Waals surface area (Å²) in [6.07, 6.45) is 4.31. The molecular weight excluding hydrogens is 668 g/mol. The number of methoxy groups -OCH3 is 3. The summed E-state index contributed by atoms with van der Waals surface area (Å²) in [7, 11) is 4.64. The molecule has 6 aromatic rings. The molecule has 53 heavy (non-hydrogen) atoms. The van der Waals surface area contributed by atoms with Gasteiger partial charge in [-0.3, -0.25) is 9.59 Å². The summed E-state index contributed by atoms with van der Waals surface area (Å²) in [6.45, 7) is 0. The van der Waals surface area contributed by atoms with Crippen LogP contribution in [-0.4, -0.2) is 54.1 Å². The second kappa shape index (κ2) is 18.8. The number of aromatic amines is 2. The number of Topliss-reactive ketones (excluding diaryl/α,β-unsaturated/α-hetero) is 1. The van der Waals surface area contributed by atoms with Gasteiger partial charge in [0.2, 0.25) is 0 Å². The summed E-state index contributed by atoms with van der Waals surface area (Å²) >= 11 is 0. The monoisotopic (exact) mass is 712 g/mol. The number of hydrogen-bond acceptors (Lipinski definition) is 6. The summed E-state index contributed by atoms with van der Waals surface area (Å²) in [5.41, 5.74) is 7.88. The van der Waals surface area contributed by atoms with Gasteiger partial charge in [0, 0.05) is 35.4 Å². The fourth-order valence-corrected chi connectivity index (χ4v) is 5.98. The molecule has 2 heterocycles. The smallest absolute Gasteiger partial charge is 0.352 e. The van der Waals surface area contributed by atoms with Gasteiger partial charge < -0.3 is 29.3 Å².